The summed E-state index contributed by atoms with van der Waals surface area (Å²) in [7, 11) is 0. The van der Waals surface area contributed by atoms with Crippen LogP contribution >= 0.6 is 0 Å². The first kappa shape index (κ1) is 20.3. The molecule has 1 saturated heterocycles. The lowest BCUT2D eigenvalue weighted by atomic mass is 9.83. The van der Waals surface area contributed by atoms with E-state index in [-0.39, 0.29) is 29.0 Å². The number of aliphatic hydroxyl groups excluding tert-OH is 1. The van der Waals surface area contributed by atoms with E-state index in [0.29, 0.717) is 18.5 Å². The van der Waals surface area contributed by atoms with E-state index >= 15 is 0 Å². The maximum atomic E-state index is 12.8. The van der Waals surface area contributed by atoms with Crippen LogP contribution in [0.15, 0.2) is 28.9 Å². The van der Waals surface area contributed by atoms with E-state index in [0.717, 1.165) is 37.8 Å². The van der Waals surface area contributed by atoms with Gasteiger partial charge in [0.15, 0.2) is 5.96 Å². The Hall–Kier alpha value is -2.42. The van der Waals surface area contributed by atoms with Crippen molar-refractivity contribution >= 4 is 11.7 Å². The van der Waals surface area contributed by atoms with Crippen LogP contribution in [0.2, 0.25) is 0 Å². The first-order chi connectivity index (χ1) is 13.1. The minimum Gasteiger partial charge on any atom is -0.507 e. The number of benzene rings is 1. The molecule has 0 aromatic heterocycles. The van der Waals surface area contributed by atoms with Gasteiger partial charge in [0.05, 0.1) is 29.1 Å². The minimum atomic E-state index is -4.56. The fraction of sp³-hybridized carbons (Fsp3) is 0.526. The number of nitrogens with zero attached hydrogens (tertiary/aromatic N) is 2. The largest absolute Gasteiger partial charge is 0.507 e. The van der Waals surface area contributed by atoms with Gasteiger partial charge >= 0.3 is 6.18 Å². The number of nitrogens with two attached hydrogens (primary N) is 2. The third kappa shape index (κ3) is 3.89. The highest BCUT2D eigenvalue weighted by Crippen LogP contribution is 2.37. The number of fused-ring (bicyclic) bond motifs is 1. The topological polar surface area (TPSA) is 108 Å². The van der Waals surface area contributed by atoms with Gasteiger partial charge in [0.25, 0.3) is 0 Å². The summed E-state index contributed by atoms with van der Waals surface area (Å²) in [5.41, 5.74) is 11.6. The van der Waals surface area contributed by atoms with Gasteiger partial charge in [-0.05, 0) is 50.3 Å². The fourth-order valence-corrected chi connectivity index (χ4v) is 4.17. The maximum absolute atomic E-state index is 12.8. The third-order valence-electron chi connectivity index (χ3n) is 5.63. The van der Waals surface area contributed by atoms with E-state index < -0.39 is 23.6 Å². The van der Waals surface area contributed by atoms with Gasteiger partial charge in [-0.25, -0.2) is 4.99 Å². The number of phenolic OH excluding ortho intramolecular Hbond substituents is 1. The van der Waals surface area contributed by atoms with E-state index in [1.807, 2.05) is 4.90 Å². The molecular formula is C19H25F3N4O2. The van der Waals surface area contributed by atoms with Crippen LogP contribution in [0.3, 0.4) is 0 Å². The summed E-state index contributed by atoms with van der Waals surface area (Å²) in [4.78, 5) is 6.18. The molecule has 2 fully saturated rings. The highest BCUT2D eigenvalue weighted by Gasteiger charge is 2.42. The van der Waals surface area contributed by atoms with Crippen molar-refractivity contribution in [1.82, 2.24) is 4.90 Å². The average molecular weight is 398 g/mol. The molecule has 1 aromatic carbocycles. The zero-order valence-corrected chi connectivity index (χ0v) is 15.6. The van der Waals surface area contributed by atoms with Crippen LogP contribution in [0.1, 0.15) is 43.7 Å². The first-order valence-electron chi connectivity index (χ1n) is 9.25. The molecule has 0 bridgehead atoms. The average Bonchev–Trinajstić information content (AvgIpc) is 3.06. The second kappa shape index (κ2) is 7.54. The molecule has 0 radical (unpaired) electrons. The number of phenols is 1. The number of alkyl halides is 3. The molecule has 0 amide bonds. The number of allylic oxidation sites excluding steroid dienone is 1. The van der Waals surface area contributed by atoms with Crippen molar-refractivity contribution in [1.29, 1.82) is 0 Å². The number of guanidine groups is 1. The Morgan fingerprint density at radius 2 is 1.93 bits per heavy atom. The van der Waals surface area contributed by atoms with Crippen LogP contribution in [-0.2, 0) is 6.18 Å². The van der Waals surface area contributed by atoms with E-state index in [9.17, 15) is 23.4 Å². The molecule has 9 heteroatoms. The molecule has 6 nitrogen and oxygen atoms in total. The first-order valence-corrected chi connectivity index (χ1v) is 9.25. The van der Waals surface area contributed by atoms with Crippen molar-refractivity contribution in [2.75, 3.05) is 6.54 Å². The number of aliphatic imine (C=N–C) groups is 1. The molecule has 1 aliphatic heterocycles. The second-order valence-corrected chi connectivity index (χ2v) is 7.43. The molecule has 3 rings (SSSR count). The number of hydrogen-bond donors (Lipinski definition) is 4. The van der Waals surface area contributed by atoms with Crippen molar-refractivity contribution in [2.24, 2.45) is 22.4 Å². The summed E-state index contributed by atoms with van der Waals surface area (Å²) in [6, 6.07) is 2.52. The van der Waals surface area contributed by atoms with E-state index in [4.69, 9.17) is 11.5 Å². The molecule has 154 valence electrons. The summed E-state index contributed by atoms with van der Waals surface area (Å²) in [6.45, 7) is 2.25. The summed E-state index contributed by atoms with van der Waals surface area (Å²) in [5, 5.41) is 20.3. The van der Waals surface area contributed by atoms with Crippen molar-refractivity contribution in [3.63, 3.8) is 0 Å². The molecular weight excluding hydrogens is 373 g/mol. The Morgan fingerprint density at radius 1 is 1.21 bits per heavy atom. The van der Waals surface area contributed by atoms with Crippen LogP contribution in [0.5, 0.6) is 5.75 Å². The SMILES string of the molecule is C/C(N=C(N)N1CC[C@@H]2CCC[C@@H](O)[C@@H]21)=C(/N)c1ccc(C(F)(F)F)cc1O. The van der Waals surface area contributed by atoms with E-state index in [2.05, 4.69) is 4.99 Å². The molecule has 3 atom stereocenters. The number of halogens is 3. The monoisotopic (exact) mass is 398 g/mol. The third-order valence-corrected chi connectivity index (χ3v) is 5.63. The van der Waals surface area contributed by atoms with Crippen LogP contribution < -0.4 is 11.5 Å². The van der Waals surface area contributed by atoms with Crippen LogP contribution in [0.4, 0.5) is 13.2 Å². The smallest absolute Gasteiger partial charge is 0.416 e. The molecule has 6 N–H and O–H groups in total. The Morgan fingerprint density at radius 3 is 2.57 bits per heavy atom. The molecule has 1 heterocycles. The van der Waals surface area contributed by atoms with Gasteiger partial charge in [-0.15, -0.1) is 0 Å². The highest BCUT2D eigenvalue weighted by atomic mass is 19.4. The van der Waals surface area contributed by atoms with E-state index in [1.54, 1.807) is 6.92 Å². The Kier molecular flexibility index (Phi) is 5.47. The number of aliphatic hydroxyl groups is 1. The van der Waals surface area contributed by atoms with Gasteiger partial charge in [-0.1, -0.05) is 6.42 Å². The molecule has 1 saturated carbocycles. The van der Waals surface area contributed by atoms with Gasteiger partial charge in [0.2, 0.25) is 0 Å². The Labute approximate surface area is 161 Å². The van der Waals surface area contributed by atoms with Gasteiger partial charge < -0.3 is 26.6 Å². The number of likely N-dealkylation sites (tertiary alicyclic amines) is 1. The van der Waals surface area contributed by atoms with E-state index in [1.165, 1.54) is 0 Å². The summed E-state index contributed by atoms with van der Waals surface area (Å²) >= 11 is 0. The van der Waals surface area contributed by atoms with Crippen molar-refractivity contribution in [3.8, 4) is 5.75 Å². The van der Waals surface area contributed by atoms with Gasteiger partial charge in [-0.2, -0.15) is 13.2 Å². The fourth-order valence-electron chi connectivity index (χ4n) is 4.17. The van der Waals surface area contributed by atoms with Gasteiger partial charge in [-0.3, -0.25) is 0 Å². The lowest BCUT2D eigenvalue weighted by Crippen LogP contribution is -2.50. The molecule has 0 spiro atoms. The molecule has 1 aromatic rings. The summed E-state index contributed by atoms with van der Waals surface area (Å²) in [5.74, 6) is 0.00257. The van der Waals surface area contributed by atoms with Gasteiger partial charge in [0, 0.05) is 12.1 Å². The predicted molar refractivity (Wildman–Crippen MR) is 100.0 cm³/mol. The van der Waals surface area contributed by atoms with Crippen molar-refractivity contribution < 1.29 is 23.4 Å². The van der Waals surface area contributed by atoms with Crippen LogP contribution in [0.25, 0.3) is 5.70 Å². The second-order valence-electron chi connectivity index (χ2n) is 7.43. The molecule has 28 heavy (non-hydrogen) atoms. The summed E-state index contributed by atoms with van der Waals surface area (Å²) < 4.78 is 38.3. The zero-order valence-electron chi connectivity index (χ0n) is 15.6. The quantitative estimate of drug-likeness (QED) is 0.452. The lowest BCUT2D eigenvalue weighted by Gasteiger charge is -2.36. The summed E-state index contributed by atoms with van der Waals surface area (Å²) in [6.07, 6.45) is -1.33. The Balaban J connectivity index is 1.86. The number of aromatic hydroxyl groups is 1. The van der Waals surface area contributed by atoms with Crippen molar-refractivity contribution in [2.45, 2.75) is 50.9 Å². The normalized spacial score (nSPS) is 26.8. The van der Waals surface area contributed by atoms with Crippen LogP contribution in [-0.4, -0.2) is 39.8 Å². The standard InChI is InChI=1S/C19H25F3N4O2/c1-10(16(23)13-6-5-12(9-15(13)28)19(20,21)22)25-18(24)26-8-7-11-3-2-4-14(27)17(11)26/h5-6,9,11,14,17,27-28H,2-4,7-8,23H2,1H3,(H2,24,25)/b16-10-/t11-,14+,17+/m0/s1. The zero-order chi connectivity index (χ0) is 20.6. The number of hydrogen-bond acceptors (Lipinski definition) is 4. The van der Waals surface area contributed by atoms with Crippen LogP contribution in [0, 0.1) is 5.92 Å². The minimum absolute atomic E-state index is 0.0362. The van der Waals surface area contributed by atoms with Crippen molar-refractivity contribution in [3.05, 3.63) is 35.0 Å². The van der Waals surface area contributed by atoms with Gasteiger partial charge in [0.1, 0.15) is 5.75 Å². The highest BCUT2D eigenvalue weighted by molar-refractivity contribution is 5.82. The molecule has 1 aliphatic carbocycles. The molecule has 0 unspecified atom stereocenters. The Bertz CT molecular complexity index is 807. The maximum Gasteiger partial charge on any atom is 0.416 e. The predicted octanol–water partition coefficient (Wildman–Crippen LogP) is 2.61. The lowest BCUT2D eigenvalue weighted by molar-refractivity contribution is -0.137. The molecule has 2 aliphatic rings. The number of rotatable bonds is 2.